The summed E-state index contributed by atoms with van der Waals surface area (Å²) in [6, 6.07) is 0. The maximum atomic E-state index is 5.45. The first-order valence-corrected chi connectivity index (χ1v) is 28.5. The average molecular weight is 909 g/mol. The summed E-state index contributed by atoms with van der Waals surface area (Å²) < 4.78 is 10.5. The van der Waals surface area contributed by atoms with Gasteiger partial charge in [-0.1, -0.05) is 157 Å². The van der Waals surface area contributed by atoms with Crippen molar-refractivity contribution in [2.75, 3.05) is 26.3 Å². The molecule has 2 aliphatic heterocycles. The molecule has 380 valence electrons. The number of aryl methyl sites for hydroxylation is 1. The van der Waals surface area contributed by atoms with Crippen molar-refractivity contribution in [3.8, 4) is 0 Å². The van der Waals surface area contributed by atoms with Gasteiger partial charge >= 0.3 is 0 Å². The number of nitrogens with one attached hydrogen (secondary N) is 1. The van der Waals surface area contributed by atoms with E-state index < -0.39 is 0 Å². The van der Waals surface area contributed by atoms with E-state index in [9.17, 15) is 0 Å². The molecule has 3 atom stereocenters. The number of fused-ring (bicyclic) bond motifs is 4. The molecule has 1 unspecified atom stereocenters. The zero-order valence-corrected chi connectivity index (χ0v) is 47.1. The number of piperidine rings is 1. The van der Waals surface area contributed by atoms with Gasteiger partial charge in [0.05, 0.1) is 18.6 Å². The molecule has 0 aromatic carbocycles. The van der Waals surface area contributed by atoms with Gasteiger partial charge in [0.25, 0.3) is 0 Å². The predicted octanol–water partition coefficient (Wildman–Crippen LogP) is 17.2. The van der Waals surface area contributed by atoms with Gasteiger partial charge in [0.15, 0.2) is 0 Å². The maximum Gasteiger partial charge on any atom is 0.222 e. The largest absolute Gasteiger partial charge is 0.425 e. The van der Waals surface area contributed by atoms with E-state index in [4.69, 9.17) is 9.15 Å². The van der Waals surface area contributed by atoms with Gasteiger partial charge in [-0.15, -0.1) is 10.2 Å². The molecule has 10 fully saturated rings. The van der Waals surface area contributed by atoms with E-state index in [0.29, 0.717) is 17.2 Å². The van der Waals surface area contributed by atoms with Crippen LogP contribution < -0.4 is 5.32 Å². The average Bonchev–Trinajstić information content (AvgIpc) is 4.19. The summed E-state index contributed by atoms with van der Waals surface area (Å²) in [6.45, 7) is 48.3. The number of hydrogen-bond acceptors (Lipinski definition) is 5. The number of hydrogen-bond donors (Lipinski definition) is 1. The highest BCUT2D eigenvalue weighted by atomic mass is 16.5. The van der Waals surface area contributed by atoms with Gasteiger partial charge in [0.2, 0.25) is 11.8 Å². The Morgan fingerprint density at radius 3 is 1.18 bits per heavy atom. The summed E-state index contributed by atoms with van der Waals surface area (Å²) in [5.74, 6) is 13.8. The SMILES string of the molecule is CC(C)C1(C(C)C)CC1.CC(C)C1(C)CCC1.CC(C)C1(C)COC1.CC(C)C12CCC(CC1)CC2.CC(C)C1CCCC1.CC(C)C1[C@H]2CNC[C@@H]12.Cc1nnc(C2(C(C)C)CC2)o1. The van der Waals surface area contributed by atoms with Crippen LogP contribution in [0.4, 0.5) is 0 Å². The van der Waals surface area contributed by atoms with Gasteiger partial charge in [0.1, 0.15) is 0 Å². The lowest BCUT2D eigenvalue weighted by molar-refractivity contribution is -0.126. The number of ether oxygens (including phenoxy) is 1. The van der Waals surface area contributed by atoms with Gasteiger partial charge in [-0.25, -0.2) is 0 Å². The second-order valence-electron chi connectivity index (χ2n) is 27.0. The number of aromatic nitrogens is 2. The van der Waals surface area contributed by atoms with Crippen molar-refractivity contribution in [2.24, 2.45) is 98.6 Å². The third-order valence-electron chi connectivity index (χ3n) is 20.8. The second kappa shape index (κ2) is 24.3. The molecular weight excluding hydrogens is 795 g/mol. The van der Waals surface area contributed by atoms with Crippen LogP contribution in [0.3, 0.4) is 0 Å². The van der Waals surface area contributed by atoms with Crippen LogP contribution in [0.1, 0.15) is 246 Å². The highest BCUT2D eigenvalue weighted by Gasteiger charge is 2.54. The number of rotatable bonds is 9. The Bertz CT molecular complexity index is 1410. The lowest BCUT2D eigenvalue weighted by Gasteiger charge is -2.49. The van der Waals surface area contributed by atoms with E-state index >= 15 is 0 Å². The zero-order chi connectivity index (χ0) is 48.5. The van der Waals surface area contributed by atoms with Gasteiger partial charge in [-0.2, -0.15) is 0 Å². The quantitative estimate of drug-likeness (QED) is 0.267. The lowest BCUT2D eigenvalue weighted by Crippen LogP contribution is -2.43. The van der Waals surface area contributed by atoms with Crippen molar-refractivity contribution < 1.29 is 9.15 Å². The molecule has 2 saturated heterocycles. The van der Waals surface area contributed by atoms with Crippen LogP contribution >= 0.6 is 0 Å². The summed E-state index contributed by atoms with van der Waals surface area (Å²) in [7, 11) is 0. The molecule has 8 aliphatic carbocycles. The topological polar surface area (TPSA) is 60.2 Å². The van der Waals surface area contributed by atoms with Crippen molar-refractivity contribution in [1.82, 2.24) is 15.5 Å². The van der Waals surface area contributed by atoms with E-state index in [1.54, 1.807) is 0 Å². The Hall–Kier alpha value is -0.940. The van der Waals surface area contributed by atoms with Crippen LogP contribution in [-0.2, 0) is 10.2 Å². The molecule has 0 radical (unpaired) electrons. The van der Waals surface area contributed by atoms with E-state index in [1.807, 2.05) is 6.92 Å². The van der Waals surface area contributed by atoms with Gasteiger partial charge < -0.3 is 14.5 Å². The Labute approximate surface area is 405 Å². The van der Waals surface area contributed by atoms with Crippen molar-refractivity contribution in [1.29, 1.82) is 0 Å². The van der Waals surface area contributed by atoms with Crippen molar-refractivity contribution in [3.05, 3.63) is 11.8 Å². The molecule has 1 aromatic rings. The molecule has 0 amide bonds. The van der Waals surface area contributed by atoms with Gasteiger partial charge in [0, 0.05) is 12.3 Å². The van der Waals surface area contributed by atoms with Crippen molar-refractivity contribution in [2.45, 2.75) is 246 Å². The first-order valence-electron chi connectivity index (χ1n) is 28.5. The molecule has 5 nitrogen and oxygen atoms in total. The fourth-order valence-corrected chi connectivity index (χ4v) is 12.9. The third-order valence-corrected chi connectivity index (χ3v) is 20.8. The second-order valence-corrected chi connectivity index (χ2v) is 27.0. The van der Waals surface area contributed by atoms with E-state index in [2.05, 4.69) is 140 Å². The van der Waals surface area contributed by atoms with Gasteiger partial charge in [-0.3, -0.25) is 0 Å². The van der Waals surface area contributed by atoms with Crippen LogP contribution in [0.25, 0.3) is 0 Å². The van der Waals surface area contributed by atoms with Crippen LogP contribution in [0.5, 0.6) is 0 Å². The monoisotopic (exact) mass is 908 g/mol. The Morgan fingerprint density at radius 2 is 1.00 bits per heavy atom. The summed E-state index contributed by atoms with van der Waals surface area (Å²) in [6.07, 6.45) is 24.9. The number of nitrogens with zero attached hydrogens (tertiary/aromatic N) is 2. The van der Waals surface area contributed by atoms with Crippen LogP contribution in [0, 0.1) is 106 Å². The van der Waals surface area contributed by atoms with Crippen molar-refractivity contribution in [3.63, 3.8) is 0 Å². The third kappa shape index (κ3) is 15.0. The fraction of sp³-hybridized carbons (Fsp3) is 0.967. The smallest absolute Gasteiger partial charge is 0.222 e. The molecule has 8 saturated carbocycles. The molecule has 1 N–H and O–H groups in total. The summed E-state index contributed by atoms with van der Waals surface area (Å²) in [5.41, 5.74) is 2.98. The summed E-state index contributed by atoms with van der Waals surface area (Å²) in [4.78, 5) is 0. The van der Waals surface area contributed by atoms with Crippen LogP contribution in [0.2, 0.25) is 0 Å². The zero-order valence-electron chi connectivity index (χ0n) is 47.1. The molecule has 11 rings (SSSR count). The minimum absolute atomic E-state index is 0.223. The molecular formula is C60H113N3O2. The summed E-state index contributed by atoms with van der Waals surface area (Å²) >= 11 is 0. The first-order chi connectivity index (χ1) is 30.4. The molecule has 5 heteroatoms. The van der Waals surface area contributed by atoms with Crippen molar-refractivity contribution >= 4 is 0 Å². The first kappa shape index (κ1) is 56.6. The van der Waals surface area contributed by atoms with Crippen LogP contribution in [-0.4, -0.2) is 36.5 Å². The molecule has 0 spiro atoms. The fourth-order valence-electron chi connectivity index (χ4n) is 12.9. The highest BCUT2D eigenvalue weighted by Crippen LogP contribution is 2.58. The molecule has 3 heterocycles. The maximum absolute atomic E-state index is 5.45. The normalized spacial score (nSPS) is 30.0. The van der Waals surface area contributed by atoms with Crippen LogP contribution in [0.15, 0.2) is 4.42 Å². The summed E-state index contributed by atoms with van der Waals surface area (Å²) in [5, 5.41) is 11.3. The Kier molecular flexibility index (Phi) is 21.1. The molecule has 10 aliphatic rings. The molecule has 2 bridgehead atoms. The van der Waals surface area contributed by atoms with Gasteiger partial charge in [-0.05, 0) is 183 Å². The van der Waals surface area contributed by atoms with E-state index in [-0.39, 0.29) is 5.41 Å². The van der Waals surface area contributed by atoms with E-state index in [1.165, 1.54) is 122 Å². The minimum Gasteiger partial charge on any atom is -0.425 e. The standard InChI is InChI=1S/C11H20.C9H14N2O.C9H18.C8H15N.2C8H16.C7H14O/c1-9(2)11-6-3-10(4-7-11)5-8-11;1-6(2)9(4-5-9)8-11-10-7(3)12-8;1-7(2)9(5-6-9)8(3)4;1-5(2)8-6-3-9-4-7(6)8;1-7(2)8(3)5-4-6-8;1-7(2)8-5-3-4-6-8;1-6(2)7(3)4-8-5-7/h9-10H,3-8H2,1-2H3;6H,4-5H2,1-3H3;7-8H,5-6H2,1-4H3;5-9H,3-4H2,1-2H3;7H,4-6H2,1-3H3;7-8H,3-6H2,1-2H3;6H,4-5H2,1-3H3/t;;;6-,7+,8?;;;. The van der Waals surface area contributed by atoms with E-state index in [0.717, 1.165) is 106 Å². The predicted molar refractivity (Wildman–Crippen MR) is 280 cm³/mol. The minimum atomic E-state index is 0.223. The Balaban J connectivity index is 0.000000167. The Morgan fingerprint density at radius 1 is 0.508 bits per heavy atom. The lowest BCUT2D eigenvalue weighted by atomic mass is 9.56. The highest BCUT2D eigenvalue weighted by molar-refractivity contribution is 5.16. The molecule has 1 aromatic heterocycles. The molecule has 65 heavy (non-hydrogen) atoms.